The zero-order valence-electron chi connectivity index (χ0n) is 10.2. The molecular formula is C12H22N2O. The molecule has 0 aromatic rings. The third-order valence-electron chi connectivity index (χ3n) is 4.70. The molecule has 0 saturated heterocycles. The monoisotopic (exact) mass is 210 g/mol. The molecule has 2 rings (SSSR count). The van der Waals surface area contributed by atoms with E-state index in [0.29, 0.717) is 22.8 Å². The van der Waals surface area contributed by atoms with Crippen LogP contribution in [-0.4, -0.2) is 18.6 Å². The van der Waals surface area contributed by atoms with Crippen LogP contribution in [0.2, 0.25) is 0 Å². The smallest absolute Gasteiger partial charge is 0.315 e. The maximum atomic E-state index is 11.4. The van der Waals surface area contributed by atoms with Crippen molar-refractivity contribution >= 4 is 6.03 Å². The van der Waals surface area contributed by atoms with Crippen LogP contribution in [0, 0.1) is 16.7 Å². The van der Waals surface area contributed by atoms with Crippen LogP contribution in [0.4, 0.5) is 4.79 Å². The molecule has 2 saturated carbocycles. The molecule has 86 valence electrons. The van der Waals surface area contributed by atoms with Gasteiger partial charge in [-0.2, -0.15) is 0 Å². The van der Waals surface area contributed by atoms with E-state index in [1.54, 1.807) is 0 Å². The zero-order chi connectivity index (χ0) is 11.3. The van der Waals surface area contributed by atoms with Gasteiger partial charge in [0.25, 0.3) is 0 Å². The highest BCUT2D eigenvalue weighted by Gasteiger charge is 2.64. The summed E-state index contributed by atoms with van der Waals surface area (Å²) in [6.45, 7) is 9.91. The van der Waals surface area contributed by atoms with Gasteiger partial charge in [0.2, 0.25) is 0 Å². The van der Waals surface area contributed by atoms with Crippen molar-refractivity contribution in [1.29, 1.82) is 0 Å². The maximum absolute atomic E-state index is 11.4. The molecular weight excluding hydrogens is 188 g/mol. The maximum Gasteiger partial charge on any atom is 0.315 e. The van der Waals surface area contributed by atoms with Crippen molar-refractivity contribution in [2.24, 2.45) is 16.7 Å². The van der Waals surface area contributed by atoms with Gasteiger partial charge in [0, 0.05) is 12.6 Å². The lowest BCUT2D eigenvalue weighted by Crippen LogP contribution is -2.38. The minimum Gasteiger partial charge on any atom is -0.338 e. The first-order valence-corrected chi connectivity index (χ1v) is 5.90. The molecule has 0 atom stereocenters. The summed E-state index contributed by atoms with van der Waals surface area (Å²) in [4.78, 5) is 11.4. The standard InChI is InChI=1S/C12H22N2O/c1-11(2)9(12(11,3)4)7-13-10(15)14-8-5-6-8/h8-9H,5-7H2,1-4H3,(H2,13,14,15). The predicted molar refractivity (Wildman–Crippen MR) is 60.6 cm³/mol. The fourth-order valence-corrected chi connectivity index (χ4v) is 2.50. The number of hydrogen-bond acceptors (Lipinski definition) is 1. The van der Waals surface area contributed by atoms with Crippen molar-refractivity contribution in [2.45, 2.75) is 46.6 Å². The third-order valence-corrected chi connectivity index (χ3v) is 4.70. The normalized spacial score (nSPS) is 27.2. The van der Waals surface area contributed by atoms with Gasteiger partial charge >= 0.3 is 6.03 Å². The van der Waals surface area contributed by atoms with Gasteiger partial charge in [0.1, 0.15) is 0 Å². The second-order valence-corrected chi connectivity index (χ2v) is 6.12. The Morgan fingerprint density at radius 2 is 1.73 bits per heavy atom. The first kappa shape index (κ1) is 10.8. The molecule has 0 radical (unpaired) electrons. The topological polar surface area (TPSA) is 41.1 Å². The highest BCUT2D eigenvalue weighted by molar-refractivity contribution is 5.74. The van der Waals surface area contributed by atoms with Crippen LogP contribution in [0.25, 0.3) is 0 Å². The fraction of sp³-hybridized carbons (Fsp3) is 0.917. The molecule has 0 spiro atoms. The second-order valence-electron chi connectivity index (χ2n) is 6.12. The van der Waals surface area contributed by atoms with E-state index in [-0.39, 0.29) is 6.03 Å². The first-order chi connectivity index (χ1) is 6.85. The molecule has 3 heteroatoms. The summed E-state index contributed by atoms with van der Waals surface area (Å²) >= 11 is 0. The van der Waals surface area contributed by atoms with Gasteiger partial charge in [-0.1, -0.05) is 27.7 Å². The van der Waals surface area contributed by atoms with Crippen molar-refractivity contribution < 1.29 is 4.79 Å². The highest BCUT2D eigenvalue weighted by Crippen LogP contribution is 2.67. The summed E-state index contributed by atoms with van der Waals surface area (Å²) in [7, 11) is 0. The van der Waals surface area contributed by atoms with Crippen LogP contribution >= 0.6 is 0 Å². The summed E-state index contributed by atoms with van der Waals surface area (Å²) in [5.41, 5.74) is 0.722. The first-order valence-electron chi connectivity index (χ1n) is 5.90. The number of urea groups is 1. The second kappa shape index (κ2) is 3.13. The van der Waals surface area contributed by atoms with Crippen molar-refractivity contribution in [3.63, 3.8) is 0 Å². The Labute approximate surface area is 92.0 Å². The van der Waals surface area contributed by atoms with Gasteiger partial charge in [-0.05, 0) is 29.6 Å². The van der Waals surface area contributed by atoms with Gasteiger partial charge < -0.3 is 10.6 Å². The molecule has 0 bridgehead atoms. The van der Waals surface area contributed by atoms with Crippen molar-refractivity contribution in [2.75, 3.05) is 6.54 Å². The van der Waals surface area contributed by atoms with Gasteiger partial charge in [-0.15, -0.1) is 0 Å². The Hall–Kier alpha value is -0.730. The molecule has 0 unspecified atom stereocenters. The molecule has 0 heterocycles. The molecule has 0 aliphatic heterocycles. The predicted octanol–water partition coefficient (Wildman–Crippen LogP) is 2.13. The van der Waals surface area contributed by atoms with Crippen LogP contribution in [0.5, 0.6) is 0 Å². The average molecular weight is 210 g/mol. The van der Waals surface area contributed by atoms with Gasteiger partial charge in [-0.3, -0.25) is 0 Å². The number of rotatable bonds is 3. The Kier molecular flexibility index (Phi) is 2.25. The lowest BCUT2D eigenvalue weighted by molar-refractivity contribution is 0.239. The summed E-state index contributed by atoms with van der Waals surface area (Å²) in [5.74, 6) is 0.606. The lowest BCUT2D eigenvalue weighted by atomic mass is 10.0. The fourth-order valence-electron chi connectivity index (χ4n) is 2.50. The van der Waals surface area contributed by atoms with Crippen molar-refractivity contribution in [1.82, 2.24) is 10.6 Å². The van der Waals surface area contributed by atoms with Gasteiger partial charge in [0.15, 0.2) is 0 Å². The summed E-state index contributed by atoms with van der Waals surface area (Å²) in [6, 6.07) is 0.459. The van der Waals surface area contributed by atoms with E-state index in [9.17, 15) is 4.79 Å². The van der Waals surface area contributed by atoms with E-state index in [4.69, 9.17) is 0 Å². The molecule has 0 aromatic heterocycles. The van der Waals surface area contributed by atoms with Crippen LogP contribution in [-0.2, 0) is 0 Å². The van der Waals surface area contributed by atoms with Crippen LogP contribution < -0.4 is 10.6 Å². The van der Waals surface area contributed by atoms with Crippen LogP contribution in [0.15, 0.2) is 0 Å². The number of hydrogen-bond donors (Lipinski definition) is 2. The molecule has 3 nitrogen and oxygen atoms in total. The van der Waals surface area contributed by atoms with E-state index in [1.165, 1.54) is 0 Å². The Balaban J connectivity index is 1.72. The SMILES string of the molecule is CC1(C)C(CNC(=O)NC2CC2)C1(C)C. The van der Waals surface area contributed by atoms with E-state index < -0.39 is 0 Å². The number of carbonyl (C=O) groups is 1. The summed E-state index contributed by atoms with van der Waals surface area (Å²) < 4.78 is 0. The Morgan fingerprint density at radius 1 is 1.20 bits per heavy atom. The molecule has 2 aliphatic rings. The largest absolute Gasteiger partial charge is 0.338 e. The minimum absolute atomic E-state index is 0.0102. The lowest BCUT2D eigenvalue weighted by Gasteiger charge is -2.07. The van der Waals surface area contributed by atoms with Gasteiger partial charge in [0.05, 0.1) is 0 Å². The van der Waals surface area contributed by atoms with E-state index in [2.05, 4.69) is 38.3 Å². The molecule has 2 fully saturated rings. The molecule has 15 heavy (non-hydrogen) atoms. The average Bonchev–Trinajstić information content (AvgIpc) is 2.93. The quantitative estimate of drug-likeness (QED) is 0.736. The van der Waals surface area contributed by atoms with Crippen molar-refractivity contribution in [3.8, 4) is 0 Å². The molecule has 2 N–H and O–H groups in total. The number of amides is 2. The minimum atomic E-state index is 0.0102. The number of nitrogens with one attached hydrogen (secondary N) is 2. The Morgan fingerprint density at radius 3 is 2.13 bits per heavy atom. The van der Waals surface area contributed by atoms with E-state index in [0.717, 1.165) is 19.4 Å². The highest BCUT2D eigenvalue weighted by atomic mass is 16.2. The van der Waals surface area contributed by atoms with Crippen LogP contribution in [0.1, 0.15) is 40.5 Å². The van der Waals surface area contributed by atoms with E-state index >= 15 is 0 Å². The number of carbonyl (C=O) groups excluding carboxylic acids is 1. The van der Waals surface area contributed by atoms with Crippen molar-refractivity contribution in [3.05, 3.63) is 0 Å². The molecule has 0 aromatic carbocycles. The summed E-state index contributed by atoms with van der Waals surface area (Å²) in [6.07, 6.45) is 2.29. The van der Waals surface area contributed by atoms with E-state index in [1.807, 2.05) is 0 Å². The van der Waals surface area contributed by atoms with Gasteiger partial charge in [-0.25, -0.2) is 4.79 Å². The zero-order valence-corrected chi connectivity index (χ0v) is 10.2. The van der Waals surface area contributed by atoms with Crippen LogP contribution in [0.3, 0.4) is 0 Å². The Bertz CT molecular complexity index is 265. The molecule has 2 amide bonds. The summed E-state index contributed by atoms with van der Waals surface area (Å²) in [5, 5.41) is 5.92. The third kappa shape index (κ3) is 1.84. The molecule has 2 aliphatic carbocycles.